The minimum Gasteiger partial charge on any atom is -0.445 e. The number of amides is 2. The van der Waals surface area contributed by atoms with Crippen molar-refractivity contribution in [1.82, 2.24) is 10.2 Å². The van der Waals surface area contributed by atoms with E-state index in [-0.39, 0.29) is 19.7 Å². The van der Waals surface area contributed by atoms with Crippen LogP contribution in [0.3, 0.4) is 0 Å². The Morgan fingerprint density at radius 2 is 2.05 bits per heavy atom. The van der Waals surface area contributed by atoms with Crippen molar-refractivity contribution in [2.75, 3.05) is 26.7 Å². The van der Waals surface area contributed by atoms with Gasteiger partial charge in [0.2, 0.25) is 0 Å². The molecule has 0 bridgehead atoms. The molecule has 7 heteroatoms. The van der Waals surface area contributed by atoms with Crippen molar-refractivity contribution in [2.24, 2.45) is 0 Å². The quantitative estimate of drug-likeness (QED) is 0.715. The molecule has 0 rings (SSSR count). The Balaban J connectivity index is 3.98. The number of carbonyl (C=O) groups excluding carboxylic acids is 2. The van der Waals surface area contributed by atoms with E-state index in [1.54, 1.807) is 20.8 Å². The van der Waals surface area contributed by atoms with Crippen LogP contribution < -0.4 is 5.32 Å². The summed E-state index contributed by atoms with van der Waals surface area (Å²) in [5.74, 6) is 0. The van der Waals surface area contributed by atoms with Crippen LogP contribution >= 0.6 is 0 Å². The number of hydrogen-bond donors (Lipinski definition) is 2. The van der Waals surface area contributed by atoms with Gasteiger partial charge in [0.05, 0.1) is 12.6 Å². The van der Waals surface area contributed by atoms with Crippen LogP contribution in [0.15, 0.2) is 12.7 Å². The fourth-order valence-electron chi connectivity index (χ4n) is 1.21. The van der Waals surface area contributed by atoms with E-state index < -0.39 is 23.9 Å². The summed E-state index contributed by atoms with van der Waals surface area (Å²) in [6.45, 7) is 8.77. The first kappa shape index (κ1) is 18.2. The number of ether oxygens (including phenoxy) is 2. The van der Waals surface area contributed by atoms with Gasteiger partial charge in [-0.25, -0.2) is 9.59 Å². The number of aliphatic hydroxyl groups excluding tert-OH is 1. The second-order valence-electron chi connectivity index (χ2n) is 5.28. The maximum Gasteiger partial charge on any atom is 0.409 e. The Morgan fingerprint density at radius 1 is 1.45 bits per heavy atom. The van der Waals surface area contributed by atoms with Crippen molar-refractivity contribution in [3.63, 3.8) is 0 Å². The van der Waals surface area contributed by atoms with Crippen molar-refractivity contribution in [2.45, 2.75) is 32.5 Å². The smallest absolute Gasteiger partial charge is 0.409 e. The van der Waals surface area contributed by atoms with E-state index in [9.17, 15) is 14.7 Å². The number of nitrogens with zero attached hydrogens (tertiary/aromatic N) is 1. The zero-order valence-corrected chi connectivity index (χ0v) is 12.5. The molecular weight excluding hydrogens is 264 g/mol. The minimum absolute atomic E-state index is 0.0198. The fourth-order valence-corrected chi connectivity index (χ4v) is 1.21. The molecule has 0 aromatic heterocycles. The molecule has 1 atom stereocenters. The van der Waals surface area contributed by atoms with E-state index >= 15 is 0 Å². The minimum atomic E-state index is -0.913. The maximum atomic E-state index is 11.4. The second kappa shape index (κ2) is 8.42. The zero-order valence-electron chi connectivity index (χ0n) is 12.5. The first-order valence-corrected chi connectivity index (χ1v) is 6.29. The monoisotopic (exact) mass is 288 g/mol. The number of carbonyl (C=O) groups is 2. The van der Waals surface area contributed by atoms with Crippen LogP contribution in [0.25, 0.3) is 0 Å². The molecule has 0 radical (unpaired) electrons. The summed E-state index contributed by atoms with van der Waals surface area (Å²) in [4.78, 5) is 24.0. The zero-order chi connectivity index (χ0) is 15.8. The molecule has 2 N–H and O–H groups in total. The van der Waals surface area contributed by atoms with Crippen LogP contribution in [0.5, 0.6) is 0 Å². The first-order chi connectivity index (χ1) is 9.15. The van der Waals surface area contributed by atoms with Gasteiger partial charge in [-0.2, -0.15) is 0 Å². The van der Waals surface area contributed by atoms with Crippen molar-refractivity contribution < 1.29 is 24.2 Å². The van der Waals surface area contributed by atoms with Gasteiger partial charge < -0.3 is 24.8 Å². The highest BCUT2D eigenvalue weighted by Crippen LogP contribution is 2.06. The molecule has 2 amide bonds. The summed E-state index contributed by atoms with van der Waals surface area (Å²) in [7, 11) is 1.49. The summed E-state index contributed by atoms with van der Waals surface area (Å²) in [6.07, 6.45) is -0.648. The van der Waals surface area contributed by atoms with Crippen LogP contribution in [-0.2, 0) is 9.47 Å². The molecule has 0 aromatic rings. The molecule has 20 heavy (non-hydrogen) atoms. The summed E-state index contributed by atoms with van der Waals surface area (Å²) < 4.78 is 9.81. The molecule has 0 heterocycles. The normalized spacial score (nSPS) is 12.2. The SMILES string of the molecule is C=CCOC(=O)N(C)CC(O)CNC(=O)OC(C)(C)C. The van der Waals surface area contributed by atoms with Gasteiger partial charge in [0.1, 0.15) is 12.2 Å². The van der Waals surface area contributed by atoms with Gasteiger partial charge in [-0.1, -0.05) is 12.7 Å². The van der Waals surface area contributed by atoms with Crippen molar-refractivity contribution in [1.29, 1.82) is 0 Å². The predicted molar refractivity (Wildman–Crippen MR) is 74.4 cm³/mol. The molecule has 7 nitrogen and oxygen atoms in total. The Morgan fingerprint density at radius 3 is 2.55 bits per heavy atom. The Bertz CT molecular complexity index is 338. The summed E-state index contributed by atoms with van der Waals surface area (Å²) >= 11 is 0. The molecule has 0 aliphatic carbocycles. The lowest BCUT2D eigenvalue weighted by molar-refractivity contribution is 0.0471. The van der Waals surface area contributed by atoms with Crippen molar-refractivity contribution in [3.8, 4) is 0 Å². The Hall–Kier alpha value is -1.76. The number of aliphatic hydroxyl groups is 1. The molecule has 0 saturated heterocycles. The van der Waals surface area contributed by atoms with Crippen LogP contribution in [-0.4, -0.2) is 60.6 Å². The summed E-state index contributed by atoms with van der Waals surface area (Å²) in [5.41, 5.74) is -0.597. The number of rotatable bonds is 6. The molecular formula is C13H24N2O5. The van der Waals surface area contributed by atoms with Crippen molar-refractivity contribution >= 4 is 12.2 Å². The van der Waals surface area contributed by atoms with Crippen LogP contribution in [0, 0.1) is 0 Å². The van der Waals surface area contributed by atoms with Gasteiger partial charge in [-0.3, -0.25) is 0 Å². The highest BCUT2D eigenvalue weighted by atomic mass is 16.6. The van der Waals surface area contributed by atoms with Crippen LogP contribution in [0.4, 0.5) is 9.59 Å². The highest BCUT2D eigenvalue weighted by molar-refractivity contribution is 5.68. The molecule has 0 aromatic carbocycles. The molecule has 1 unspecified atom stereocenters. The van der Waals surface area contributed by atoms with Crippen LogP contribution in [0.2, 0.25) is 0 Å². The topological polar surface area (TPSA) is 88.1 Å². The lowest BCUT2D eigenvalue weighted by Gasteiger charge is -2.22. The Kier molecular flexibility index (Phi) is 7.68. The second-order valence-corrected chi connectivity index (χ2v) is 5.28. The number of alkyl carbamates (subject to hydrolysis) is 1. The lowest BCUT2D eigenvalue weighted by Crippen LogP contribution is -2.42. The van der Waals surface area contributed by atoms with E-state index in [0.717, 1.165) is 0 Å². The Labute approximate surface area is 119 Å². The molecule has 116 valence electrons. The van der Waals surface area contributed by atoms with E-state index in [1.165, 1.54) is 18.0 Å². The average Bonchev–Trinajstić information content (AvgIpc) is 2.31. The summed E-state index contributed by atoms with van der Waals surface area (Å²) in [5, 5.41) is 12.1. The van der Waals surface area contributed by atoms with Gasteiger partial charge in [-0.15, -0.1) is 0 Å². The summed E-state index contributed by atoms with van der Waals surface area (Å²) in [6, 6.07) is 0. The van der Waals surface area contributed by atoms with Gasteiger partial charge in [0.15, 0.2) is 0 Å². The van der Waals surface area contributed by atoms with Crippen LogP contribution in [0.1, 0.15) is 20.8 Å². The first-order valence-electron chi connectivity index (χ1n) is 6.29. The number of hydrogen-bond acceptors (Lipinski definition) is 5. The van der Waals surface area contributed by atoms with Gasteiger partial charge >= 0.3 is 12.2 Å². The van der Waals surface area contributed by atoms with Gasteiger partial charge in [0, 0.05) is 13.6 Å². The third kappa shape index (κ3) is 9.21. The molecule has 0 aliphatic rings. The van der Waals surface area contributed by atoms with E-state index in [0.29, 0.717) is 0 Å². The average molecular weight is 288 g/mol. The fraction of sp³-hybridized carbons (Fsp3) is 0.692. The third-order valence-corrected chi connectivity index (χ3v) is 2.00. The third-order valence-electron chi connectivity index (χ3n) is 2.00. The standard InChI is InChI=1S/C13H24N2O5/c1-6-7-19-12(18)15(5)9-10(16)8-14-11(17)20-13(2,3)4/h6,10,16H,1,7-9H2,2-5H3,(H,14,17). The van der Waals surface area contributed by atoms with E-state index in [2.05, 4.69) is 11.9 Å². The highest BCUT2D eigenvalue weighted by Gasteiger charge is 2.18. The maximum absolute atomic E-state index is 11.4. The van der Waals surface area contributed by atoms with Crippen molar-refractivity contribution in [3.05, 3.63) is 12.7 Å². The number of likely N-dealkylation sites (N-methyl/N-ethyl adjacent to an activating group) is 1. The van der Waals surface area contributed by atoms with Gasteiger partial charge in [-0.05, 0) is 20.8 Å². The predicted octanol–water partition coefficient (Wildman–Crippen LogP) is 1.13. The molecule has 0 spiro atoms. The molecule has 0 saturated carbocycles. The number of nitrogens with one attached hydrogen (secondary N) is 1. The molecule has 0 aliphatic heterocycles. The van der Waals surface area contributed by atoms with E-state index in [1.807, 2.05) is 0 Å². The lowest BCUT2D eigenvalue weighted by atomic mass is 10.2. The molecule has 0 fully saturated rings. The van der Waals surface area contributed by atoms with Gasteiger partial charge in [0.25, 0.3) is 0 Å². The van der Waals surface area contributed by atoms with E-state index in [4.69, 9.17) is 9.47 Å². The largest absolute Gasteiger partial charge is 0.445 e.